The molecule has 2 saturated carbocycles. The fourth-order valence-electron chi connectivity index (χ4n) is 5.55. The van der Waals surface area contributed by atoms with E-state index in [1.807, 2.05) is 53.7 Å². The monoisotopic (exact) mass is 816 g/mol. The second-order valence-corrected chi connectivity index (χ2v) is 16.5. The van der Waals surface area contributed by atoms with Crippen molar-refractivity contribution >= 4 is 43.8 Å². The molecular weight excluding hydrogens is 764 g/mol. The average Bonchev–Trinajstić information content (AvgIpc) is 3.01. The average molecular weight is 819 g/mol. The smallest absolute Gasteiger partial charge is 0.314 e. The van der Waals surface area contributed by atoms with Crippen LogP contribution in [0.2, 0.25) is 0 Å². The lowest BCUT2D eigenvalue weighted by Crippen LogP contribution is -2.45. The van der Waals surface area contributed by atoms with Gasteiger partial charge in [-0.15, -0.1) is 0 Å². The molecule has 0 spiro atoms. The summed E-state index contributed by atoms with van der Waals surface area (Å²) in [5, 5.41) is 9.53. The maximum atomic E-state index is 12.7. The van der Waals surface area contributed by atoms with Gasteiger partial charge >= 0.3 is 11.9 Å². The van der Waals surface area contributed by atoms with Crippen LogP contribution in [0.5, 0.6) is 5.88 Å². The molecule has 2 N–H and O–H groups in total. The first-order valence-electron chi connectivity index (χ1n) is 16.6. The van der Waals surface area contributed by atoms with Crippen LogP contribution in [0.1, 0.15) is 92.9 Å². The minimum atomic E-state index is -0.574. The van der Waals surface area contributed by atoms with Gasteiger partial charge in [-0.1, -0.05) is 0 Å². The predicted molar refractivity (Wildman–Crippen MR) is 194 cm³/mol. The first-order chi connectivity index (χ1) is 22.8. The van der Waals surface area contributed by atoms with Crippen LogP contribution < -0.4 is 10.3 Å². The number of halogens is 2. The molecule has 13 heteroatoms. The molecule has 11 nitrogen and oxygen atoms in total. The molecule has 2 aromatic heterocycles. The van der Waals surface area contributed by atoms with Crippen molar-refractivity contribution in [1.82, 2.24) is 9.97 Å². The standard InChI is InChI=1S/C18H26BrNO4.C13H24O4.C5H4BrNO/c1-17(2,3)24-16(21)18(12-22-4)9-7-14(8-10-18)23-15-6-5-13(19)11-20-15;1-12(2,3)17-11(15)13(9-16-4)7-5-10(14)6-8-13;6-4-1-2-5(8)7-3-4/h5-6,11,14H,7-10,12H2,1-4H3;10,14H,5-9H2,1-4H3;1-3H,(H,7,8). The number of esters is 2. The second-order valence-electron chi connectivity index (χ2n) is 14.7. The third-order valence-corrected chi connectivity index (χ3v) is 9.00. The zero-order chi connectivity index (χ0) is 36.9. The van der Waals surface area contributed by atoms with E-state index in [-0.39, 0.29) is 29.7 Å². The molecule has 2 aliphatic rings. The van der Waals surface area contributed by atoms with Crippen molar-refractivity contribution in [3.63, 3.8) is 0 Å². The van der Waals surface area contributed by atoms with Crippen LogP contribution in [0.15, 0.2) is 50.4 Å². The van der Waals surface area contributed by atoms with E-state index in [1.54, 1.807) is 32.7 Å². The number of nitrogens with one attached hydrogen (secondary N) is 1. The number of nitrogens with zero attached hydrogens (tertiary/aromatic N) is 1. The summed E-state index contributed by atoms with van der Waals surface area (Å²) >= 11 is 6.53. The molecule has 2 fully saturated rings. The first-order valence-corrected chi connectivity index (χ1v) is 18.2. The van der Waals surface area contributed by atoms with Gasteiger partial charge in [0.15, 0.2) is 0 Å². The topological polar surface area (TPSA) is 146 Å². The van der Waals surface area contributed by atoms with Gasteiger partial charge in [0.25, 0.3) is 0 Å². The van der Waals surface area contributed by atoms with Crippen LogP contribution in [0.3, 0.4) is 0 Å². The second kappa shape index (κ2) is 19.3. The molecule has 4 rings (SSSR count). The van der Waals surface area contributed by atoms with Crippen molar-refractivity contribution in [2.45, 2.75) is 116 Å². The van der Waals surface area contributed by atoms with E-state index in [2.05, 4.69) is 41.8 Å². The number of pyridine rings is 2. The third-order valence-electron chi connectivity index (χ3n) is 8.04. The first kappa shape index (κ1) is 42.8. The van der Waals surface area contributed by atoms with Crippen molar-refractivity contribution in [2.24, 2.45) is 10.8 Å². The minimum Gasteiger partial charge on any atom is -0.474 e. The van der Waals surface area contributed by atoms with E-state index in [0.29, 0.717) is 57.6 Å². The molecule has 0 aromatic carbocycles. The van der Waals surface area contributed by atoms with Crippen molar-refractivity contribution in [3.8, 4) is 5.88 Å². The number of ether oxygens (including phenoxy) is 5. The zero-order valence-electron chi connectivity index (χ0n) is 30.1. The van der Waals surface area contributed by atoms with E-state index >= 15 is 0 Å². The van der Waals surface area contributed by atoms with Crippen LogP contribution in [-0.2, 0) is 28.5 Å². The maximum absolute atomic E-state index is 12.7. The predicted octanol–water partition coefficient (Wildman–Crippen LogP) is 7.17. The highest BCUT2D eigenvalue weighted by Crippen LogP contribution is 2.41. The summed E-state index contributed by atoms with van der Waals surface area (Å²) in [6.07, 6.45) is 8.58. The Morgan fingerprint density at radius 2 is 1.29 bits per heavy atom. The largest absolute Gasteiger partial charge is 0.474 e. The highest BCUT2D eigenvalue weighted by Gasteiger charge is 2.46. The summed E-state index contributed by atoms with van der Waals surface area (Å²) in [5.41, 5.74) is -2.19. The summed E-state index contributed by atoms with van der Waals surface area (Å²) in [6, 6.07) is 6.90. The van der Waals surface area contributed by atoms with Gasteiger partial charge in [0.1, 0.15) is 17.3 Å². The zero-order valence-corrected chi connectivity index (χ0v) is 33.3. The van der Waals surface area contributed by atoms with Crippen molar-refractivity contribution in [2.75, 3.05) is 27.4 Å². The van der Waals surface area contributed by atoms with Crippen LogP contribution in [0, 0.1) is 10.8 Å². The number of carbonyl (C=O) groups excluding carboxylic acids is 2. The molecule has 2 heterocycles. The third kappa shape index (κ3) is 15.2. The lowest BCUT2D eigenvalue weighted by Gasteiger charge is -2.39. The van der Waals surface area contributed by atoms with E-state index in [4.69, 9.17) is 23.7 Å². The Hall–Kier alpha value is -2.32. The van der Waals surface area contributed by atoms with Gasteiger partial charge in [0.05, 0.1) is 30.1 Å². The lowest BCUT2D eigenvalue weighted by molar-refractivity contribution is -0.176. The molecule has 0 bridgehead atoms. The number of methoxy groups -OCH3 is 2. The molecule has 0 unspecified atom stereocenters. The quantitative estimate of drug-likeness (QED) is 0.263. The lowest BCUT2D eigenvalue weighted by atomic mass is 9.73. The Labute approximate surface area is 307 Å². The number of aliphatic hydroxyl groups is 1. The molecule has 0 atom stereocenters. The van der Waals surface area contributed by atoms with E-state index < -0.39 is 22.0 Å². The number of H-pyrrole nitrogens is 1. The summed E-state index contributed by atoms with van der Waals surface area (Å²) < 4.78 is 29.3. The Bertz CT molecular complexity index is 1330. The van der Waals surface area contributed by atoms with E-state index in [1.165, 1.54) is 6.07 Å². The van der Waals surface area contributed by atoms with Crippen molar-refractivity contribution in [3.05, 3.63) is 56.0 Å². The van der Waals surface area contributed by atoms with Crippen molar-refractivity contribution in [1.29, 1.82) is 0 Å². The summed E-state index contributed by atoms with van der Waals surface area (Å²) in [6.45, 7) is 12.0. The number of aromatic nitrogens is 2. The number of carbonyl (C=O) groups is 2. The molecule has 49 heavy (non-hydrogen) atoms. The van der Waals surface area contributed by atoms with Crippen LogP contribution >= 0.6 is 31.9 Å². The number of hydrogen-bond acceptors (Lipinski definition) is 10. The molecule has 2 aliphatic carbocycles. The van der Waals surface area contributed by atoms with E-state index in [9.17, 15) is 19.5 Å². The van der Waals surface area contributed by atoms with Gasteiger partial charge in [0.2, 0.25) is 11.4 Å². The molecule has 0 radical (unpaired) electrons. The maximum Gasteiger partial charge on any atom is 0.314 e. The van der Waals surface area contributed by atoms with Crippen LogP contribution in [0.4, 0.5) is 0 Å². The normalized spacial score (nSPS) is 23.9. The summed E-state index contributed by atoms with van der Waals surface area (Å²) in [4.78, 5) is 42.0. The minimum absolute atomic E-state index is 0.0612. The molecule has 276 valence electrons. The van der Waals surface area contributed by atoms with Crippen LogP contribution in [0.25, 0.3) is 0 Å². The summed E-state index contributed by atoms with van der Waals surface area (Å²) in [5.74, 6) is 0.246. The Balaban J connectivity index is 0.000000288. The Morgan fingerprint density at radius 3 is 1.65 bits per heavy atom. The fourth-order valence-corrected chi connectivity index (χ4v) is 6.03. The van der Waals surface area contributed by atoms with Gasteiger partial charge in [-0.05, 0) is 137 Å². The van der Waals surface area contributed by atoms with Gasteiger partial charge in [-0.25, -0.2) is 4.98 Å². The van der Waals surface area contributed by atoms with Gasteiger partial charge in [0, 0.05) is 47.7 Å². The molecule has 0 aliphatic heterocycles. The molecule has 0 amide bonds. The Morgan fingerprint density at radius 1 is 0.816 bits per heavy atom. The number of aromatic amines is 1. The SMILES string of the molecule is COCC1(C(=O)OC(C)(C)C)CCC(O)CC1.COCC1(C(=O)OC(C)(C)C)CCC(Oc2ccc(Br)cn2)CC1.O=c1ccc(Br)c[nH]1. The molecule has 0 saturated heterocycles. The van der Waals surface area contributed by atoms with Gasteiger partial charge < -0.3 is 33.8 Å². The highest BCUT2D eigenvalue weighted by atomic mass is 79.9. The molecular formula is C36H54Br2N2O9. The van der Waals surface area contributed by atoms with Crippen LogP contribution in [-0.4, -0.2) is 77.9 Å². The van der Waals surface area contributed by atoms with Gasteiger partial charge in [-0.3, -0.25) is 14.4 Å². The number of hydrogen-bond donors (Lipinski definition) is 2. The van der Waals surface area contributed by atoms with Crippen molar-refractivity contribution < 1.29 is 38.4 Å². The fraction of sp³-hybridized carbons (Fsp3) is 0.667. The molecule has 2 aromatic rings. The van der Waals surface area contributed by atoms with E-state index in [0.717, 1.165) is 21.8 Å². The summed E-state index contributed by atoms with van der Waals surface area (Å²) in [7, 11) is 3.22. The number of rotatable bonds is 8. The van der Waals surface area contributed by atoms with Gasteiger partial charge in [-0.2, -0.15) is 0 Å². The highest BCUT2D eigenvalue weighted by molar-refractivity contribution is 9.10. The Kier molecular flexibility index (Phi) is 16.9. The number of aliphatic hydroxyl groups excluding tert-OH is 1.